The molecule has 0 N–H and O–H groups in total. The molecule has 1 aliphatic carbocycles. The van der Waals surface area contributed by atoms with E-state index >= 15 is 0 Å². The van der Waals surface area contributed by atoms with Gasteiger partial charge in [-0.15, -0.1) is 0 Å². The highest BCUT2D eigenvalue weighted by atomic mass is 15.3. The summed E-state index contributed by atoms with van der Waals surface area (Å²) in [4.78, 5) is 5.05. The van der Waals surface area contributed by atoms with E-state index in [9.17, 15) is 0 Å². The van der Waals surface area contributed by atoms with E-state index in [0.29, 0.717) is 11.0 Å². The fourth-order valence-electron chi connectivity index (χ4n) is 3.29. The van der Waals surface area contributed by atoms with Crippen molar-refractivity contribution < 1.29 is 0 Å². The first-order valence-corrected chi connectivity index (χ1v) is 6.74. The molecule has 0 aromatic carbocycles. The third-order valence-corrected chi connectivity index (χ3v) is 4.75. The van der Waals surface area contributed by atoms with E-state index in [1.54, 1.807) is 0 Å². The number of likely N-dealkylation sites (tertiary alicyclic amines) is 1. The van der Waals surface area contributed by atoms with Crippen LogP contribution in [0.15, 0.2) is 0 Å². The van der Waals surface area contributed by atoms with Crippen LogP contribution < -0.4 is 0 Å². The second-order valence-corrected chi connectivity index (χ2v) is 7.22. The lowest BCUT2D eigenvalue weighted by atomic mass is 9.66. The van der Waals surface area contributed by atoms with Gasteiger partial charge >= 0.3 is 0 Å². The smallest absolute Gasteiger partial charge is 0.0125 e. The molecule has 16 heavy (non-hydrogen) atoms. The van der Waals surface area contributed by atoms with Crippen molar-refractivity contribution in [3.8, 4) is 0 Å². The summed E-state index contributed by atoms with van der Waals surface area (Å²) in [6, 6.07) is 0.842. The van der Waals surface area contributed by atoms with Gasteiger partial charge in [-0.2, -0.15) is 0 Å². The quantitative estimate of drug-likeness (QED) is 0.675. The first-order valence-electron chi connectivity index (χ1n) is 6.74. The molecule has 1 saturated carbocycles. The van der Waals surface area contributed by atoms with Crippen LogP contribution in [0.2, 0.25) is 0 Å². The molecule has 94 valence electrons. The minimum atomic E-state index is 0.379. The standard InChI is InChI=1S/C14H28N2/c1-13(2,3)16-10-14(11-16)8-6-12(7-9-14)15(4)5/h12H,6-11H2,1-5H3. The zero-order chi connectivity index (χ0) is 12.0. The molecule has 2 nitrogen and oxygen atoms in total. The van der Waals surface area contributed by atoms with Crippen molar-refractivity contribution in [3.05, 3.63) is 0 Å². The Balaban J connectivity index is 1.83. The number of rotatable bonds is 1. The van der Waals surface area contributed by atoms with Crippen LogP contribution in [0.4, 0.5) is 0 Å². The summed E-state index contributed by atoms with van der Waals surface area (Å²) < 4.78 is 0. The van der Waals surface area contributed by atoms with Crippen molar-refractivity contribution in [2.45, 2.75) is 58.0 Å². The van der Waals surface area contributed by atoms with Crippen LogP contribution in [0.1, 0.15) is 46.5 Å². The zero-order valence-electron chi connectivity index (χ0n) is 11.7. The predicted octanol–water partition coefficient (Wildman–Crippen LogP) is 2.59. The minimum absolute atomic E-state index is 0.379. The molecule has 0 aromatic rings. The van der Waals surface area contributed by atoms with Gasteiger partial charge < -0.3 is 4.90 Å². The molecule has 0 radical (unpaired) electrons. The Morgan fingerprint density at radius 2 is 1.56 bits per heavy atom. The van der Waals surface area contributed by atoms with Gasteiger partial charge in [0.2, 0.25) is 0 Å². The van der Waals surface area contributed by atoms with Crippen LogP contribution >= 0.6 is 0 Å². The van der Waals surface area contributed by atoms with Crippen molar-refractivity contribution in [3.63, 3.8) is 0 Å². The molecule has 0 unspecified atom stereocenters. The molecule has 2 heteroatoms. The third kappa shape index (κ3) is 2.28. The van der Waals surface area contributed by atoms with Crippen molar-refractivity contribution in [1.82, 2.24) is 9.80 Å². The van der Waals surface area contributed by atoms with Crippen LogP contribution in [-0.4, -0.2) is 48.6 Å². The summed E-state index contributed by atoms with van der Waals surface area (Å²) in [7, 11) is 4.45. The molecule has 0 amide bonds. The SMILES string of the molecule is CN(C)C1CCC2(CC1)CN(C(C)(C)C)C2. The summed E-state index contributed by atoms with van der Waals surface area (Å²) in [5, 5.41) is 0. The zero-order valence-corrected chi connectivity index (χ0v) is 11.7. The maximum atomic E-state index is 2.64. The summed E-state index contributed by atoms with van der Waals surface area (Å²) in [5.74, 6) is 0. The Morgan fingerprint density at radius 3 is 1.94 bits per heavy atom. The van der Waals surface area contributed by atoms with Crippen LogP contribution in [-0.2, 0) is 0 Å². The molecule has 1 heterocycles. The van der Waals surface area contributed by atoms with Gasteiger partial charge in [0.25, 0.3) is 0 Å². The topological polar surface area (TPSA) is 6.48 Å². The molecular formula is C14H28N2. The van der Waals surface area contributed by atoms with E-state index in [4.69, 9.17) is 0 Å². The highest BCUT2D eigenvalue weighted by molar-refractivity contribution is 5.02. The Labute approximate surface area is 101 Å². The number of nitrogens with zero attached hydrogens (tertiary/aromatic N) is 2. The van der Waals surface area contributed by atoms with Crippen molar-refractivity contribution in [1.29, 1.82) is 0 Å². The van der Waals surface area contributed by atoms with Crippen LogP contribution in [0, 0.1) is 5.41 Å². The normalized spacial score (nSPS) is 27.4. The van der Waals surface area contributed by atoms with Gasteiger partial charge in [-0.3, -0.25) is 4.90 Å². The highest BCUT2D eigenvalue weighted by Gasteiger charge is 2.48. The van der Waals surface area contributed by atoms with E-state index in [1.165, 1.54) is 38.8 Å². The average Bonchev–Trinajstić information content (AvgIpc) is 2.12. The molecule has 0 bridgehead atoms. The van der Waals surface area contributed by atoms with E-state index in [1.807, 2.05) is 0 Å². The summed E-state index contributed by atoms with van der Waals surface area (Å²) >= 11 is 0. The first-order chi connectivity index (χ1) is 7.32. The Morgan fingerprint density at radius 1 is 1.06 bits per heavy atom. The van der Waals surface area contributed by atoms with Gasteiger partial charge in [-0.25, -0.2) is 0 Å². The lowest BCUT2D eigenvalue weighted by molar-refractivity contribution is -0.0865. The van der Waals surface area contributed by atoms with Crippen LogP contribution in [0.25, 0.3) is 0 Å². The van der Waals surface area contributed by atoms with Gasteiger partial charge in [-0.1, -0.05) is 0 Å². The number of hydrogen-bond donors (Lipinski definition) is 0. The molecule has 0 aromatic heterocycles. The Hall–Kier alpha value is -0.0800. The summed E-state index contributed by atoms with van der Waals surface area (Å²) in [6.45, 7) is 9.70. The second-order valence-electron chi connectivity index (χ2n) is 7.22. The van der Waals surface area contributed by atoms with Crippen molar-refractivity contribution >= 4 is 0 Å². The molecule has 1 aliphatic heterocycles. The molecule has 2 fully saturated rings. The van der Waals surface area contributed by atoms with E-state index in [-0.39, 0.29) is 0 Å². The van der Waals surface area contributed by atoms with Gasteiger partial charge in [-0.05, 0) is 66.0 Å². The first kappa shape index (κ1) is 12.4. The van der Waals surface area contributed by atoms with Crippen LogP contribution in [0.5, 0.6) is 0 Å². The molecular weight excluding hydrogens is 196 g/mol. The fourth-order valence-corrected chi connectivity index (χ4v) is 3.29. The third-order valence-electron chi connectivity index (χ3n) is 4.75. The van der Waals surface area contributed by atoms with E-state index in [2.05, 4.69) is 44.7 Å². The fraction of sp³-hybridized carbons (Fsp3) is 1.00. The molecule has 2 rings (SSSR count). The maximum Gasteiger partial charge on any atom is 0.0125 e. The van der Waals surface area contributed by atoms with Gasteiger partial charge in [0.15, 0.2) is 0 Å². The maximum absolute atomic E-state index is 2.64. The second kappa shape index (κ2) is 3.99. The Kier molecular flexibility index (Phi) is 3.09. The Bertz CT molecular complexity index is 236. The van der Waals surface area contributed by atoms with Gasteiger partial charge in [0.1, 0.15) is 0 Å². The highest BCUT2D eigenvalue weighted by Crippen LogP contribution is 2.46. The van der Waals surface area contributed by atoms with Gasteiger partial charge in [0, 0.05) is 24.7 Å². The molecule has 0 atom stereocenters. The monoisotopic (exact) mass is 224 g/mol. The average molecular weight is 224 g/mol. The van der Waals surface area contributed by atoms with E-state index < -0.39 is 0 Å². The van der Waals surface area contributed by atoms with Crippen LogP contribution in [0.3, 0.4) is 0 Å². The van der Waals surface area contributed by atoms with Crippen molar-refractivity contribution in [2.24, 2.45) is 5.41 Å². The number of hydrogen-bond acceptors (Lipinski definition) is 2. The summed E-state index contributed by atoms with van der Waals surface area (Å²) in [6.07, 6.45) is 5.71. The molecule has 1 saturated heterocycles. The van der Waals surface area contributed by atoms with E-state index in [0.717, 1.165) is 6.04 Å². The van der Waals surface area contributed by atoms with Gasteiger partial charge in [0.05, 0.1) is 0 Å². The molecule has 2 aliphatic rings. The summed E-state index contributed by atoms with van der Waals surface area (Å²) in [5.41, 5.74) is 1.07. The minimum Gasteiger partial charge on any atom is -0.306 e. The predicted molar refractivity (Wildman–Crippen MR) is 69.7 cm³/mol. The van der Waals surface area contributed by atoms with Crippen molar-refractivity contribution in [2.75, 3.05) is 27.2 Å². The lowest BCUT2D eigenvalue weighted by Crippen LogP contribution is -2.63. The largest absolute Gasteiger partial charge is 0.306 e. The molecule has 1 spiro atoms. The lowest BCUT2D eigenvalue weighted by Gasteiger charge is -2.58.